The van der Waals surface area contributed by atoms with Crippen LogP contribution in [0.4, 0.5) is 0 Å². The van der Waals surface area contributed by atoms with Crippen LogP contribution >= 0.6 is 0 Å². The monoisotopic (exact) mass is 264 g/mol. The van der Waals surface area contributed by atoms with Crippen LogP contribution in [0.1, 0.15) is 6.92 Å². The molecule has 0 N–H and O–H groups in total. The summed E-state index contributed by atoms with van der Waals surface area (Å²) < 4.78 is 1.25. The van der Waals surface area contributed by atoms with Crippen LogP contribution in [0.15, 0.2) is 0 Å². The molecule has 0 spiro atoms. The van der Waals surface area contributed by atoms with Crippen molar-refractivity contribution in [3.63, 3.8) is 0 Å². The Morgan fingerprint density at radius 2 is 1.20 bits per heavy atom. The number of hydrogen-bond acceptors (Lipinski definition) is 0. The van der Waals surface area contributed by atoms with Gasteiger partial charge in [-0.2, -0.15) is 0 Å². The Balaban J connectivity index is 2.77. The first-order chi connectivity index (χ1) is 4.36. The van der Waals surface area contributed by atoms with E-state index < -0.39 is 26.5 Å². The van der Waals surface area contributed by atoms with Gasteiger partial charge in [0.05, 0.1) is 0 Å². The molecular weight excluding hydrogens is 241 g/mol. The summed E-state index contributed by atoms with van der Waals surface area (Å²) in [6.07, 6.45) is 0. The zero-order valence-electron chi connectivity index (χ0n) is 7.99. The van der Waals surface area contributed by atoms with Crippen molar-refractivity contribution >= 4 is 26.5 Å². The number of hydrogen-bond donors (Lipinski definition) is 0. The quantitative estimate of drug-likeness (QED) is 0.587. The average Bonchev–Trinajstić information content (AvgIpc) is 1.95. The van der Waals surface area contributed by atoms with Gasteiger partial charge in [0, 0.05) is 0 Å². The van der Waals surface area contributed by atoms with Gasteiger partial charge in [0.15, 0.2) is 0 Å². The summed E-state index contributed by atoms with van der Waals surface area (Å²) in [6.45, 7) is 2.56. The van der Waals surface area contributed by atoms with Crippen LogP contribution in [0.5, 0.6) is 0 Å². The molecule has 1 saturated heterocycles. The van der Waals surface area contributed by atoms with Crippen LogP contribution in [0.25, 0.3) is 0 Å². The van der Waals surface area contributed by atoms with Crippen LogP contribution in [-0.2, 0) is 0 Å². The summed E-state index contributed by atoms with van der Waals surface area (Å²) in [7, 11) is 0. The molecule has 2 heteroatoms. The Hall–Kier alpha value is 1.09. The van der Waals surface area contributed by atoms with Crippen molar-refractivity contribution in [3.05, 3.63) is 0 Å². The van der Waals surface area contributed by atoms with Gasteiger partial charge in [0.2, 0.25) is 0 Å². The summed E-state index contributed by atoms with van der Waals surface area (Å²) in [6, 6.07) is 0. The molecule has 0 amide bonds. The molecule has 0 unspecified atom stereocenters. The third-order valence-electron chi connectivity index (χ3n) is 3.76. The van der Waals surface area contributed by atoms with Crippen molar-refractivity contribution in [3.8, 4) is 0 Å². The first-order valence-corrected chi connectivity index (χ1v) is 18.1. The molecule has 1 aliphatic rings. The molecule has 0 bridgehead atoms. The zero-order chi connectivity index (χ0) is 7.99. The Morgan fingerprint density at radius 3 is 1.30 bits per heavy atom. The molecule has 0 aromatic rings. The fourth-order valence-corrected chi connectivity index (χ4v) is 51.4. The van der Waals surface area contributed by atoms with E-state index in [-0.39, 0.29) is 0 Å². The van der Waals surface area contributed by atoms with E-state index in [9.17, 15) is 0 Å². The van der Waals surface area contributed by atoms with Crippen molar-refractivity contribution in [1.82, 2.24) is 0 Å². The first kappa shape index (κ1) is 9.18. The Bertz CT molecular complexity index is 122. The van der Waals surface area contributed by atoms with E-state index in [1.54, 1.807) is 10.5 Å². The minimum absolute atomic E-state index is 1.17. The standard InChI is InChI=1S/C8H20Ge2/c1-8-9(2,3)6-7-10(8,4)5/h8H,6-7H2,1-5H3. The van der Waals surface area contributed by atoms with Crippen LogP contribution in [0.2, 0.25) is 37.1 Å². The average molecular weight is 261 g/mol. The first-order valence-electron chi connectivity index (χ1n) is 4.36. The molecule has 1 rings (SSSR count). The molecule has 60 valence electrons. The van der Waals surface area contributed by atoms with E-state index in [1.807, 2.05) is 0 Å². The van der Waals surface area contributed by atoms with Gasteiger partial charge in [-0.1, -0.05) is 0 Å². The second kappa shape index (κ2) is 2.55. The molecule has 0 nitrogen and oxygen atoms in total. The molecule has 10 heavy (non-hydrogen) atoms. The van der Waals surface area contributed by atoms with E-state index in [0.29, 0.717) is 0 Å². The summed E-state index contributed by atoms with van der Waals surface area (Å²) in [5.41, 5.74) is 0. The fourth-order valence-electron chi connectivity index (χ4n) is 2.14. The molecule has 0 atom stereocenters. The van der Waals surface area contributed by atoms with Crippen LogP contribution in [-0.4, -0.2) is 26.5 Å². The Morgan fingerprint density at radius 1 is 0.900 bits per heavy atom. The normalized spacial score (nSPS) is 30.9. The van der Waals surface area contributed by atoms with E-state index in [0.717, 1.165) is 0 Å². The topological polar surface area (TPSA) is 0 Å². The predicted octanol–water partition coefficient (Wildman–Crippen LogP) is 3.35. The van der Waals surface area contributed by atoms with Crippen LogP contribution in [0.3, 0.4) is 0 Å². The third-order valence-corrected chi connectivity index (χ3v) is 39.3. The molecule has 0 saturated carbocycles. The molecule has 0 aromatic carbocycles. The SMILES string of the molecule is C[CH]1[Ge]([CH3])([CH3])[CH2][CH2][Ge]1([CH3])[CH3]. The summed E-state index contributed by atoms with van der Waals surface area (Å²) in [4.78, 5) is 0. The Kier molecular flexibility index (Phi) is 2.34. The maximum absolute atomic E-state index is 2.63. The summed E-state index contributed by atoms with van der Waals surface area (Å²) in [5, 5.41) is 3.35. The van der Waals surface area contributed by atoms with E-state index in [4.69, 9.17) is 0 Å². The van der Waals surface area contributed by atoms with Crippen molar-refractivity contribution < 1.29 is 0 Å². The molecule has 0 radical (unpaired) electrons. The second-order valence-electron chi connectivity index (χ2n) is 5.20. The van der Waals surface area contributed by atoms with Gasteiger partial charge >= 0.3 is 70.6 Å². The van der Waals surface area contributed by atoms with E-state index >= 15 is 0 Å². The Labute approximate surface area is 70.5 Å². The summed E-state index contributed by atoms with van der Waals surface area (Å²) in [5.74, 6) is 10.5. The van der Waals surface area contributed by atoms with E-state index in [2.05, 4.69) is 29.9 Å². The van der Waals surface area contributed by atoms with Gasteiger partial charge in [-0.05, 0) is 0 Å². The predicted molar refractivity (Wildman–Crippen MR) is 54.0 cm³/mol. The summed E-state index contributed by atoms with van der Waals surface area (Å²) >= 11 is -2.35. The molecular formula is C8H20Ge2. The van der Waals surface area contributed by atoms with Crippen molar-refractivity contribution in [2.24, 2.45) is 0 Å². The molecule has 1 fully saturated rings. The van der Waals surface area contributed by atoms with Crippen molar-refractivity contribution in [2.75, 3.05) is 0 Å². The van der Waals surface area contributed by atoms with Crippen molar-refractivity contribution in [1.29, 1.82) is 0 Å². The molecule has 1 heterocycles. The van der Waals surface area contributed by atoms with Gasteiger partial charge in [0.25, 0.3) is 0 Å². The van der Waals surface area contributed by atoms with Gasteiger partial charge in [0.1, 0.15) is 0 Å². The van der Waals surface area contributed by atoms with E-state index in [1.165, 1.54) is 3.58 Å². The second-order valence-corrected chi connectivity index (χ2v) is 30.2. The fraction of sp³-hybridized carbons (Fsp3) is 1.00. The molecule has 0 aromatic heterocycles. The molecule has 1 aliphatic heterocycles. The minimum atomic E-state index is -1.17. The van der Waals surface area contributed by atoms with Gasteiger partial charge in [-0.3, -0.25) is 0 Å². The molecule has 0 aliphatic carbocycles. The third kappa shape index (κ3) is 1.47. The van der Waals surface area contributed by atoms with Gasteiger partial charge in [-0.25, -0.2) is 0 Å². The van der Waals surface area contributed by atoms with Gasteiger partial charge in [-0.15, -0.1) is 0 Å². The zero-order valence-corrected chi connectivity index (χ0v) is 12.2. The van der Waals surface area contributed by atoms with Gasteiger partial charge < -0.3 is 0 Å². The maximum atomic E-state index is 2.63. The number of rotatable bonds is 0. The van der Waals surface area contributed by atoms with Crippen LogP contribution in [0, 0.1) is 0 Å². The van der Waals surface area contributed by atoms with Crippen LogP contribution < -0.4 is 0 Å². The van der Waals surface area contributed by atoms with Crippen molar-refractivity contribution in [2.45, 2.75) is 44.0 Å².